The molecule has 0 bridgehead atoms. The minimum atomic E-state index is -0.459. The number of hydrogen-bond acceptors (Lipinski definition) is 5. The number of anilines is 2. The van der Waals surface area contributed by atoms with Crippen LogP contribution in [0.4, 0.5) is 11.4 Å². The maximum Gasteiger partial charge on any atom is 0.229 e. The predicted octanol–water partition coefficient (Wildman–Crippen LogP) is 3.09. The Morgan fingerprint density at radius 1 is 1.14 bits per heavy atom. The van der Waals surface area contributed by atoms with E-state index in [2.05, 4.69) is 5.32 Å². The highest BCUT2D eigenvalue weighted by Crippen LogP contribution is 2.34. The van der Waals surface area contributed by atoms with Crippen LogP contribution in [0.3, 0.4) is 0 Å². The molecule has 1 saturated heterocycles. The topological polar surface area (TPSA) is 77.1 Å². The standard InChI is InChI=1S/C21H24N2O5/c1-4-28-19-8-6-5-7-18(19)23-13-14(9-20(23)24)21(25)22-15-10-16(26-2)12-17(11-15)27-3/h5-8,10-12,14H,4,9,13H2,1-3H3,(H,22,25)/t14-/m1/s1. The molecule has 1 aliphatic heterocycles. The van der Waals surface area contributed by atoms with Crippen molar-refractivity contribution in [1.82, 2.24) is 0 Å². The Morgan fingerprint density at radius 2 is 1.82 bits per heavy atom. The number of nitrogens with one attached hydrogen (secondary N) is 1. The first kappa shape index (κ1) is 19.5. The first-order valence-electron chi connectivity index (χ1n) is 9.11. The second kappa shape index (κ2) is 8.65. The maximum atomic E-state index is 12.7. The van der Waals surface area contributed by atoms with Crippen LogP contribution < -0.4 is 24.4 Å². The highest BCUT2D eigenvalue weighted by molar-refractivity contribution is 6.04. The highest BCUT2D eigenvalue weighted by Gasteiger charge is 2.36. The van der Waals surface area contributed by atoms with Crippen LogP contribution in [0.5, 0.6) is 17.2 Å². The van der Waals surface area contributed by atoms with Gasteiger partial charge in [-0.15, -0.1) is 0 Å². The monoisotopic (exact) mass is 384 g/mol. The van der Waals surface area contributed by atoms with E-state index in [1.54, 1.807) is 37.3 Å². The third-order valence-electron chi connectivity index (χ3n) is 4.57. The summed E-state index contributed by atoms with van der Waals surface area (Å²) in [4.78, 5) is 26.9. The van der Waals surface area contributed by atoms with Gasteiger partial charge in [0.2, 0.25) is 11.8 Å². The Bertz CT molecular complexity index is 845. The van der Waals surface area contributed by atoms with Gasteiger partial charge in [0.25, 0.3) is 0 Å². The molecule has 1 atom stereocenters. The lowest BCUT2D eigenvalue weighted by molar-refractivity contribution is -0.122. The third-order valence-corrected chi connectivity index (χ3v) is 4.57. The normalized spacial score (nSPS) is 16.0. The molecule has 0 saturated carbocycles. The first-order chi connectivity index (χ1) is 13.5. The summed E-state index contributed by atoms with van der Waals surface area (Å²) in [6.07, 6.45) is 0.146. The summed E-state index contributed by atoms with van der Waals surface area (Å²) in [6, 6.07) is 12.5. The number of para-hydroxylation sites is 2. The van der Waals surface area contributed by atoms with Crippen molar-refractivity contribution in [3.8, 4) is 17.2 Å². The molecule has 1 heterocycles. The minimum Gasteiger partial charge on any atom is -0.497 e. The molecule has 1 aliphatic rings. The summed E-state index contributed by atoms with van der Waals surface area (Å²) in [5.41, 5.74) is 1.24. The van der Waals surface area contributed by atoms with Crippen molar-refractivity contribution in [3.63, 3.8) is 0 Å². The molecule has 0 unspecified atom stereocenters. The average molecular weight is 384 g/mol. The van der Waals surface area contributed by atoms with Gasteiger partial charge in [-0.05, 0) is 19.1 Å². The smallest absolute Gasteiger partial charge is 0.229 e. The zero-order valence-corrected chi connectivity index (χ0v) is 16.2. The summed E-state index contributed by atoms with van der Waals surface area (Å²) in [7, 11) is 3.09. The van der Waals surface area contributed by atoms with Gasteiger partial charge in [0, 0.05) is 36.9 Å². The van der Waals surface area contributed by atoms with Crippen molar-refractivity contribution in [2.45, 2.75) is 13.3 Å². The molecule has 2 aromatic carbocycles. The van der Waals surface area contributed by atoms with Gasteiger partial charge >= 0.3 is 0 Å². The SMILES string of the molecule is CCOc1ccccc1N1C[C@H](C(=O)Nc2cc(OC)cc(OC)c2)CC1=O. The maximum absolute atomic E-state index is 12.7. The second-order valence-electron chi connectivity index (χ2n) is 6.40. The number of carbonyl (C=O) groups is 2. The molecule has 7 heteroatoms. The largest absolute Gasteiger partial charge is 0.497 e. The number of rotatable bonds is 7. The molecule has 2 amide bonds. The van der Waals surface area contributed by atoms with Crippen molar-refractivity contribution in [3.05, 3.63) is 42.5 Å². The van der Waals surface area contributed by atoms with Crippen LogP contribution in [0.1, 0.15) is 13.3 Å². The van der Waals surface area contributed by atoms with E-state index in [4.69, 9.17) is 14.2 Å². The van der Waals surface area contributed by atoms with Crippen molar-refractivity contribution >= 4 is 23.2 Å². The van der Waals surface area contributed by atoms with E-state index in [1.165, 1.54) is 0 Å². The van der Waals surface area contributed by atoms with Gasteiger partial charge in [0.15, 0.2) is 0 Å². The molecule has 28 heavy (non-hydrogen) atoms. The van der Waals surface area contributed by atoms with Crippen LogP contribution in [0.25, 0.3) is 0 Å². The van der Waals surface area contributed by atoms with E-state index < -0.39 is 5.92 Å². The Hall–Kier alpha value is -3.22. The van der Waals surface area contributed by atoms with Crippen molar-refractivity contribution in [2.75, 3.05) is 37.6 Å². The zero-order chi connectivity index (χ0) is 20.1. The number of hydrogen-bond donors (Lipinski definition) is 1. The number of amides is 2. The molecule has 0 spiro atoms. The van der Waals surface area contributed by atoms with Crippen molar-refractivity contribution < 1.29 is 23.8 Å². The van der Waals surface area contributed by atoms with Crippen LogP contribution in [-0.4, -0.2) is 39.2 Å². The van der Waals surface area contributed by atoms with E-state index in [-0.39, 0.29) is 18.2 Å². The molecular formula is C21H24N2O5. The molecule has 3 rings (SSSR count). The molecule has 148 valence electrons. The minimum absolute atomic E-state index is 0.101. The van der Waals surface area contributed by atoms with Gasteiger partial charge in [-0.3, -0.25) is 9.59 Å². The van der Waals surface area contributed by atoms with E-state index in [0.29, 0.717) is 41.8 Å². The highest BCUT2D eigenvalue weighted by atomic mass is 16.5. The molecule has 0 radical (unpaired) electrons. The van der Waals surface area contributed by atoms with Gasteiger partial charge in [-0.25, -0.2) is 0 Å². The number of nitrogens with zero attached hydrogens (tertiary/aromatic N) is 1. The predicted molar refractivity (Wildman–Crippen MR) is 106 cm³/mol. The molecule has 7 nitrogen and oxygen atoms in total. The van der Waals surface area contributed by atoms with Crippen LogP contribution >= 0.6 is 0 Å². The Kier molecular flexibility index (Phi) is 6.03. The fourth-order valence-corrected chi connectivity index (χ4v) is 3.20. The summed E-state index contributed by atoms with van der Waals surface area (Å²) in [5.74, 6) is 1.00. The fourth-order valence-electron chi connectivity index (χ4n) is 3.20. The van der Waals surface area contributed by atoms with Crippen LogP contribution in [0.15, 0.2) is 42.5 Å². The first-order valence-corrected chi connectivity index (χ1v) is 9.11. The van der Waals surface area contributed by atoms with E-state index >= 15 is 0 Å². The van der Waals surface area contributed by atoms with E-state index in [1.807, 2.05) is 31.2 Å². The van der Waals surface area contributed by atoms with Crippen LogP contribution in [-0.2, 0) is 9.59 Å². The van der Waals surface area contributed by atoms with Gasteiger partial charge in [-0.2, -0.15) is 0 Å². The molecule has 1 N–H and O–H groups in total. The number of carbonyl (C=O) groups excluding carboxylic acids is 2. The number of methoxy groups -OCH3 is 2. The van der Waals surface area contributed by atoms with Crippen molar-refractivity contribution in [2.24, 2.45) is 5.92 Å². The molecule has 0 aromatic heterocycles. The zero-order valence-electron chi connectivity index (χ0n) is 16.2. The van der Waals surface area contributed by atoms with Gasteiger partial charge in [0.1, 0.15) is 17.2 Å². The number of benzene rings is 2. The summed E-state index contributed by atoms with van der Waals surface area (Å²) in [5, 5.41) is 2.86. The Balaban J connectivity index is 1.74. The lowest BCUT2D eigenvalue weighted by Gasteiger charge is -2.20. The molecular weight excluding hydrogens is 360 g/mol. The second-order valence-corrected chi connectivity index (χ2v) is 6.40. The summed E-state index contributed by atoms with van der Waals surface area (Å²) in [6.45, 7) is 2.69. The lowest BCUT2D eigenvalue weighted by Crippen LogP contribution is -2.28. The van der Waals surface area contributed by atoms with E-state index in [0.717, 1.165) is 0 Å². The number of ether oxygens (including phenoxy) is 3. The molecule has 0 aliphatic carbocycles. The fraction of sp³-hybridized carbons (Fsp3) is 0.333. The summed E-state index contributed by atoms with van der Waals surface area (Å²) < 4.78 is 16.1. The summed E-state index contributed by atoms with van der Waals surface area (Å²) >= 11 is 0. The third kappa shape index (κ3) is 4.19. The average Bonchev–Trinajstić information content (AvgIpc) is 3.10. The van der Waals surface area contributed by atoms with E-state index in [9.17, 15) is 9.59 Å². The van der Waals surface area contributed by atoms with Gasteiger partial charge in [0.05, 0.1) is 32.4 Å². The van der Waals surface area contributed by atoms with Gasteiger partial charge in [-0.1, -0.05) is 12.1 Å². The van der Waals surface area contributed by atoms with Crippen LogP contribution in [0.2, 0.25) is 0 Å². The van der Waals surface area contributed by atoms with Crippen LogP contribution in [0, 0.1) is 5.92 Å². The Morgan fingerprint density at radius 3 is 2.46 bits per heavy atom. The molecule has 1 fully saturated rings. The quantitative estimate of drug-likeness (QED) is 0.794. The van der Waals surface area contributed by atoms with Crippen molar-refractivity contribution in [1.29, 1.82) is 0 Å². The lowest BCUT2D eigenvalue weighted by atomic mass is 10.1. The Labute approximate surface area is 164 Å². The molecule has 2 aromatic rings. The van der Waals surface area contributed by atoms with Gasteiger partial charge < -0.3 is 24.4 Å².